The fourth-order valence-corrected chi connectivity index (χ4v) is 1.76. The van der Waals surface area contributed by atoms with Crippen molar-refractivity contribution in [3.8, 4) is 0 Å². The second-order valence-corrected chi connectivity index (χ2v) is 4.18. The number of rotatable bonds is 7. The molecule has 1 aromatic rings. The second kappa shape index (κ2) is 8.12. The van der Waals surface area contributed by atoms with Crippen molar-refractivity contribution in [1.82, 2.24) is 0 Å². The molecule has 1 aromatic carbocycles. The third kappa shape index (κ3) is 5.13. The smallest absolute Gasteiger partial charge is 0.0645 e. The van der Waals surface area contributed by atoms with Gasteiger partial charge in [-0.3, -0.25) is 0 Å². The highest BCUT2D eigenvalue weighted by atomic mass is 16.3. The average Bonchev–Trinajstić information content (AvgIpc) is 2.34. The lowest BCUT2D eigenvalue weighted by Gasteiger charge is -2.04. The van der Waals surface area contributed by atoms with Crippen LogP contribution in [0.15, 0.2) is 35.9 Å². The van der Waals surface area contributed by atoms with Gasteiger partial charge in [-0.05, 0) is 24.0 Å². The van der Waals surface area contributed by atoms with Crippen LogP contribution in [0.1, 0.15) is 44.6 Å². The van der Waals surface area contributed by atoms with Crippen LogP contribution in [0, 0.1) is 0 Å². The molecule has 1 N–H and O–H groups in total. The van der Waals surface area contributed by atoms with Crippen LogP contribution in [-0.4, -0.2) is 11.7 Å². The molecule has 0 aliphatic carbocycles. The Hall–Kier alpha value is -1.08. The minimum absolute atomic E-state index is 0.182. The summed E-state index contributed by atoms with van der Waals surface area (Å²) in [6.07, 6.45) is 8.13. The largest absolute Gasteiger partial charge is 0.392 e. The Bertz CT molecular complexity index is 300. The molecule has 88 valence electrons. The highest BCUT2D eigenvalue weighted by Gasteiger charge is 1.96. The quantitative estimate of drug-likeness (QED) is 0.685. The molecule has 1 rings (SSSR count). The molecule has 0 aliphatic rings. The van der Waals surface area contributed by atoms with Crippen molar-refractivity contribution in [2.24, 2.45) is 0 Å². The van der Waals surface area contributed by atoms with Crippen LogP contribution in [0.25, 0.3) is 6.08 Å². The molecule has 0 radical (unpaired) electrons. The van der Waals surface area contributed by atoms with Gasteiger partial charge in [0.05, 0.1) is 6.61 Å². The second-order valence-electron chi connectivity index (χ2n) is 4.18. The van der Waals surface area contributed by atoms with Gasteiger partial charge in [0.25, 0.3) is 0 Å². The highest BCUT2D eigenvalue weighted by Crippen LogP contribution is 2.13. The van der Waals surface area contributed by atoms with Crippen molar-refractivity contribution in [3.05, 3.63) is 41.5 Å². The molecule has 1 heteroatoms. The van der Waals surface area contributed by atoms with Crippen molar-refractivity contribution in [2.45, 2.75) is 39.0 Å². The molecule has 0 heterocycles. The molecular weight excluding hydrogens is 196 g/mol. The van der Waals surface area contributed by atoms with Gasteiger partial charge in [-0.1, -0.05) is 62.6 Å². The SMILES string of the molecule is CCCCCC/C(=C\c1ccccc1)CO. The molecule has 1 nitrogen and oxygen atoms in total. The number of unbranched alkanes of at least 4 members (excludes halogenated alkanes) is 3. The maximum Gasteiger partial charge on any atom is 0.0645 e. The molecule has 0 aliphatic heterocycles. The number of aliphatic hydroxyl groups is 1. The Morgan fingerprint density at radius 2 is 1.88 bits per heavy atom. The summed E-state index contributed by atoms with van der Waals surface area (Å²) in [5.41, 5.74) is 2.32. The number of hydrogen-bond donors (Lipinski definition) is 1. The summed E-state index contributed by atoms with van der Waals surface area (Å²) in [7, 11) is 0. The Morgan fingerprint density at radius 1 is 1.12 bits per heavy atom. The molecule has 0 spiro atoms. The lowest BCUT2D eigenvalue weighted by atomic mass is 10.0. The van der Waals surface area contributed by atoms with Crippen LogP contribution in [0.2, 0.25) is 0 Å². The third-order valence-corrected chi connectivity index (χ3v) is 2.72. The average molecular weight is 218 g/mol. The fraction of sp³-hybridized carbons (Fsp3) is 0.467. The van der Waals surface area contributed by atoms with Crippen LogP contribution in [0.4, 0.5) is 0 Å². The van der Waals surface area contributed by atoms with E-state index in [0.29, 0.717) is 0 Å². The van der Waals surface area contributed by atoms with Gasteiger partial charge in [0, 0.05) is 0 Å². The van der Waals surface area contributed by atoms with E-state index in [0.717, 1.165) is 12.0 Å². The highest BCUT2D eigenvalue weighted by molar-refractivity contribution is 5.52. The predicted octanol–water partition coefficient (Wildman–Crippen LogP) is 4.03. The molecule has 0 atom stereocenters. The maximum atomic E-state index is 9.28. The lowest BCUT2D eigenvalue weighted by molar-refractivity contribution is 0.326. The van der Waals surface area contributed by atoms with Crippen LogP contribution < -0.4 is 0 Å². The standard InChI is InChI=1S/C15H22O/c1-2-3-4-6-11-15(13-16)12-14-9-7-5-8-10-14/h5,7-10,12,16H,2-4,6,11,13H2,1H3/b15-12+. The van der Waals surface area contributed by atoms with Gasteiger partial charge in [-0.2, -0.15) is 0 Å². The molecule has 0 saturated carbocycles. The minimum Gasteiger partial charge on any atom is -0.392 e. The van der Waals surface area contributed by atoms with Crippen molar-refractivity contribution in [1.29, 1.82) is 0 Å². The summed E-state index contributed by atoms with van der Waals surface area (Å²) >= 11 is 0. The van der Waals surface area contributed by atoms with Crippen molar-refractivity contribution < 1.29 is 5.11 Å². The van der Waals surface area contributed by atoms with Crippen molar-refractivity contribution in [3.63, 3.8) is 0 Å². The molecule has 0 aromatic heterocycles. The summed E-state index contributed by atoms with van der Waals surface area (Å²) in [5.74, 6) is 0. The summed E-state index contributed by atoms with van der Waals surface area (Å²) < 4.78 is 0. The van der Waals surface area contributed by atoms with E-state index in [4.69, 9.17) is 0 Å². The van der Waals surface area contributed by atoms with Crippen molar-refractivity contribution >= 4 is 6.08 Å². The van der Waals surface area contributed by atoms with Gasteiger partial charge in [0.2, 0.25) is 0 Å². The van der Waals surface area contributed by atoms with E-state index in [1.54, 1.807) is 0 Å². The van der Waals surface area contributed by atoms with E-state index in [-0.39, 0.29) is 6.61 Å². The first kappa shape index (κ1) is 13.0. The van der Waals surface area contributed by atoms with Crippen LogP contribution >= 0.6 is 0 Å². The number of benzene rings is 1. The van der Waals surface area contributed by atoms with Gasteiger partial charge < -0.3 is 5.11 Å². The topological polar surface area (TPSA) is 20.2 Å². The van der Waals surface area contributed by atoms with Gasteiger partial charge >= 0.3 is 0 Å². The van der Waals surface area contributed by atoms with E-state index in [2.05, 4.69) is 25.1 Å². The van der Waals surface area contributed by atoms with Crippen LogP contribution in [0.3, 0.4) is 0 Å². The Balaban J connectivity index is 2.44. The number of aliphatic hydroxyl groups excluding tert-OH is 1. The predicted molar refractivity (Wildman–Crippen MR) is 70.3 cm³/mol. The molecular formula is C15H22O. The van der Waals surface area contributed by atoms with Gasteiger partial charge in [0.1, 0.15) is 0 Å². The molecule has 0 bridgehead atoms. The van der Waals surface area contributed by atoms with Gasteiger partial charge in [-0.25, -0.2) is 0 Å². The van der Waals surface area contributed by atoms with Crippen LogP contribution in [0.5, 0.6) is 0 Å². The fourth-order valence-electron chi connectivity index (χ4n) is 1.76. The first-order chi connectivity index (χ1) is 7.86. The summed E-state index contributed by atoms with van der Waals surface area (Å²) in [5, 5.41) is 9.28. The Labute approximate surface area is 98.8 Å². The first-order valence-corrected chi connectivity index (χ1v) is 6.22. The molecule has 0 amide bonds. The summed E-state index contributed by atoms with van der Waals surface area (Å²) in [6, 6.07) is 10.2. The zero-order valence-corrected chi connectivity index (χ0v) is 10.2. The molecule has 0 unspecified atom stereocenters. The number of hydrogen-bond acceptors (Lipinski definition) is 1. The molecule has 0 saturated heterocycles. The van der Waals surface area contributed by atoms with E-state index in [9.17, 15) is 5.11 Å². The molecule has 0 fully saturated rings. The van der Waals surface area contributed by atoms with Gasteiger partial charge in [0.15, 0.2) is 0 Å². The lowest BCUT2D eigenvalue weighted by Crippen LogP contribution is -1.91. The van der Waals surface area contributed by atoms with E-state index < -0.39 is 0 Å². The van der Waals surface area contributed by atoms with E-state index >= 15 is 0 Å². The normalized spacial score (nSPS) is 11.8. The van der Waals surface area contributed by atoms with Gasteiger partial charge in [-0.15, -0.1) is 0 Å². The van der Waals surface area contributed by atoms with Crippen LogP contribution in [-0.2, 0) is 0 Å². The summed E-state index contributed by atoms with van der Waals surface area (Å²) in [6.45, 7) is 2.40. The molecule has 16 heavy (non-hydrogen) atoms. The Kier molecular flexibility index (Phi) is 6.59. The zero-order valence-electron chi connectivity index (χ0n) is 10.2. The maximum absolute atomic E-state index is 9.28. The van der Waals surface area contributed by atoms with E-state index in [1.807, 2.05) is 18.2 Å². The monoisotopic (exact) mass is 218 g/mol. The Morgan fingerprint density at radius 3 is 2.50 bits per heavy atom. The third-order valence-electron chi connectivity index (χ3n) is 2.72. The first-order valence-electron chi connectivity index (χ1n) is 6.22. The van der Waals surface area contributed by atoms with Crippen molar-refractivity contribution in [2.75, 3.05) is 6.61 Å². The summed E-state index contributed by atoms with van der Waals surface area (Å²) in [4.78, 5) is 0. The zero-order chi connectivity index (χ0) is 11.6. The minimum atomic E-state index is 0.182. The van der Waals surface area contributed by atoms with E-state index in [1.165, 1.54) is 31.2 Å².